The zero-order valence-electron chi connectivity index (χ0n) is 14.5. The summed E-state index contributed by atoms with van der Waals surface area (Å²) in [5.41, 5.74) is 7.02. The molecule has 4 N–H and O–H groups in total. The number of aryl methyl sites for hydroxylation is 1. The highest BCUT2D eigenvalue weighted by Gasteiger charge is 2.30. The van der Waals surface area contributed by atoms with Crippen molar-refractivity contribution in [1.29, 1.82) is 0 Å². The first-order valence-corrected chi connectivity index (χ1v) is 7.85. The first-order chi connectivity index (χ1) is 12.3. The molecule has 0 saturated carbocycles. The molecule has 0 unspecified atom stereocenters. The van der Waals surface area contributed by atoms with Crippen LogP contribution in [0.5, 0.6) is 0 Å². The van der Waals surface area contributed by atoms with Crippen LogP contribution in [0.15, 0.2) is 53.5 Å². The monoisotopic (exact) mass is 492 g/mol. The maximum Gasteiger partial charge on any atom is 0.416 e. The van der Waals surface area contributed by atoms with Gasteiger partial charge in [0.05, 0.1) is 12.1 Å². The molecule has 27 heavy (non-hydrogen) atoms. The molecule has 1 amide bonds. The van der Waals surface area contributed by atoms with E-state index < -0.39 is 17.6 Å². The molecule has 0 radical (unpaired) electrons. The van der Waals surface area contributed by atoms with E-state index in [4.69, 9.17) is 5.73 Å². The Kier molecular flexibility index (Phi) is 8.54. The van der Waals surface area contributed by atoms with Gasteiger partial charge in [0.15, 0.2) is 5.96 Å². The van der Waals surface area contributed by atoms with E-state index in [1.807, 2.05) is 31.2 Å². The Bertz CT molecular complexity index is 775. The van der Waals surface area contributed by atoms with Crippen molar-refractivity contribution in [3.8, 4) is 0 Å². The van der Waals surface area contributed by atoms with Gasteiger partial charge in [-0.25, -0.2) is 0 Å². The van der Waals surface area contributed by atoms with Crippen LogP contribution in [0.1, 0.15) is 21.5 Å². The predicted molar refractivity (Wildman–Crippen MR) is 110 cm³/mol. The molecule has 0 aliphatic carbocycles. The molecule has 2 rings (SSSR count). The Hall–Kier alpha value is -2.30. The smallest absolute Gasteiger partial charge is 0.370 e. The molecule has 0 saturated heterocycles. The quantitative estimate of drug-likeness (QED) is 0.257. The van der Waals surface area contributed by atoms with E-state index in [0.29, 0.717) is 0 Å². The Morgan fingerprint density at radius 3 is 2.22 bits per heavy atom. The molecule has 0 fully saturated rings. The second-order valence-corrected chi connectivity index (χ2v) is 5.59. The Morgan fingerprint density at radius 2 is 1.67 bits per heavy atom. The average Bonchev–Trinajstić information content (AvgIpc) is 2.60. The van der Waals surface area contributed by atoms with E-state index >= 15 is 0 Å². The van der Waals surface area contributed by atoms with E-state index in [2.05, 4.69) is 15.6 Å². The number of carbonyl (C=O) groups excluding carboxylic acids is 1. The van der Waals surface area contributed by atoms with Crippen LogP contribution in [0.3, 0.4) is 0 Å². The summed E-state index contributed by atoms with van der Waals surface area (Å²) >= 11 is 0. The van der Waals surface area contributed by atoms with Gasteiger partial charge in [0.2, 0.25) is 0 Å². The number of rotatable bonds is 5. The van der Waals surface area contributed by atoms with Crippen molar-refractivity contribution in [2.75, 3.05) is 18.4 Å². The summed E-state index contributed by atoms with van der Waals surface area (Å²) in [4.78, 5) is 16.0. The van der Waals surface area contributed by atoms with E-state index in [-0.39, 0.29) is 48.6 Å². The van der Waals surface area contributed by atoms with Crippen molar-refractivity contribution in [1.82, 2.24) is 5.32 Å². The minimum Gasteiger partial charge on any atom is -0.370 e. The number of benzene rings is 2. The molecule has 146 valence electrons. The number of halogens is 4. The van der Waals surface area contributed by atoms with Crippen LogP contribution in [0.2, 0.25) is 0 Å². The number of nitrogens with zero attached hydrogens (tertiary/aromatic N) is 1. The van der Waals surface area contributed by atoms with E-state index in [1.54, 1.807) is 0 Å². The van der Waals surface area contributed by atoms with Crippen molar-refractivity contribution >= 4 is 41.5 Å². The fraction of sp³-hybridized carbons (Fsp3) is 0.222. The number of hydrogen-bond donors (Lipinski definition) is 3. The molecule has 0 spiro atoms. The van der Waals surface area contributed by atoms with Crippen LogP contribution in [0, 0.1) is 6.92 Å². The highest BCUT2D eigenvalue weighted by Crippen LogP contribution is 2.29. The number of nitrogens with one attached hydrogen (secondary N) is 2. The number of hydrogen-bond acceptors (Lipinski definition) is 2. The average molecular weight is 492 g/mol. The summed E-state index contributed by atoms with van der Waals surface area (Å²) in [6.45, 7) is 2.41. The maximum atomic E-state index is 12.5. The largest absolute Gasteiger partial charge is 0.416 e. The predicted octanol–water partition coefficient (Wildman–Crippen LogP) is 3.79. The number of amides is 1. The minimum absolute atomic E-state index is 0. The topological polar surface area (TPSA) is 79.5 Å². The molecule has 0 heterocycles. The second-order valence-electron chi connectivity index (χ2n) is 5.59. The van der Waals surface area contributed by atoms with Gasteiger partial charge >= 0.3 is 6.18 Å². The van der Waals surface area contributed by atoms with Gasteiger partial charge in [-0.05, 0) is 43.3 Å². The van der Waals surface area contributed by atoms with Gasteiger partial charge in [-0.2, -0.15) is 13.2 Å². The molecule has 0 aliphatic heterocycles. The minimum atomic E-state index is -4.42. The van der Waals surface area contributed by atoms with Gasteiger partial charge in [0.1, 0.15) is 0 Å². The van der Waals surface area contributed by atoms with Crippen molar-refractivity contribution in [3.63, 3.8) is 0 Å². The lowest BCUT2D eigenvalue weighted by molar-refractivity contribution is -0.137. The van der Waals surface area contributed by atoms with E-state index in [1.165, 1.54) is 0 Å². The van der Waals surface area contributed by atoms with Gasteiger partial charge < -0.3 is 16.4 Å². The van der Waals surface area contributed by atoms with Gasteiger partial charge in [0.25, 0.3) is 5.91 Å². The molecular formula is C18H20F3IN4O. The number of nitrogens with two attached hydrogens (primary N) is 1. The summed E-state index contributed by atoms with van der Waals surface area (Å²) in [6, 6.07) is 11.6. The van der Waals surface area contributed by atoms with E-state index in [0.717, 1.165) is 35.5 Å². The zero-order valence-corrected chi connectivity index (χ0v) is 16.8. The third-order valence-corrected chi connectivity index (χ3v) is 3.48. The third kappa shape index (κ3) is 7.45. The molecule has 0 aromatic heterocycles. The molecule has 2 aromatic carbocycles. The molecule has 0 atom stereocenters. The third-order valence-electron chi connectivity index (χ3n) is 3.48. The van der Waals surface area contributed by atoms with Crippen molar-refractivity contribution < 1.29 is 18.0 Å². The van der Waals surface area contributed by atoms with Gasteiger partial charge in [0, 0.05) is 17.8 Å². The summed E-state index contributed by atoms with van der Waals surface area (Å²) in [5, 5.41) is 5.49. The number of aliphatic imine (C=N–C) groups is 1. The fourth-order valence-electron chi connectivity index (χ4n) is 2.08. The van der Waals surface area contributed by atoms with Gasteiger partial charge in [-0.3, -0.25) is 9.79 Å². The van der Waals surface area contributed by atoms with Crippen LogP contribution in [0.25, 0.3) is 0 Å². The number of anilines is 1. The van der Waals surface area contributed by atoms with Crippen molar-refractivity contribution in [2.45, 2.75) is 13.1 Å². The lowest BCUT2D eigenvalue weighted by atomic mass is 10.1. The first-order valence-electron chi connectivity index (χ1n) is 7.85. The van der Waals surface area contributed by atoms with Crippen LogP contribution in [-0.2, 0) is 6.18 Å². The summed E-state index contributed by atoms with van der Waals surface area (Å²) in [7, 11) is 0. The SMILES string of the molecule is Cc1ccc(NC(N)=NCCNC(=O)c2ccc(C(F)(F)F)cc2)cc1.I. The number of alkyl halides is 3. The highest BCUT2D eigenvalue weighted by molar-refractivity contribution is 14.0. The Morgan fingerprint density at radius 1 is 1.07 bits per heavy atom. The van der Waals surface area contributed by atoms with E-state index in [9.17, 15) is 18.0 Å². The zero-order chi connectivity index (χ0) is 19.2. The molecule has 9 heteroatoms. The molecular weight excluding hydrogens is 472 g/mol. The molecule has 5 nitrogen and oxygen atoms in total. The van der Waals surface area contributed by atoms with Crippen LogP contribution in [-0.4, -0.2) is 25.0 Å². The van der Waals surface area contributed by atoms with Crippen LogP contribution in [0.4, 0.5) is 18.9 Å². The summed E-state index contributed by atoms with van der Waals surface area (Å²) < 4.78 is 37.5. The van der Waals surface area contributed by atoms with Crippen LogP contribution >= 0.6 is 24.0 Å². The fourth-order valence-corrected chi connectivity index (χ4v) is 2.08. The maximum absolute atomic E-state index is 12.5. The van der Waals surface area contributed by atoms with Crippen LogP contribution < -0.4 is 16.4 Å². The normalized spacial score (nSPS) is 11.5. The molecule has 2 aromatic rings. The standard InChI is InChI=1S/C18H19F3N4O.HI/c1-12-2-8-15(9-3-12)25-17(22)24-11-10-23-16(26)13-4-6-14(7-5-13)18(19,20)21;/h2-9H,10-11H2,1H3,(H,23,26)(H3,22,24,25);1H. The van der Waals surface area contributed by atoms with Gasteiger partial charge in [-0.1, -0.05) is 17.7 Å². The van der Waals surface area contributed by atoms with Gasteiger partial charge in [-0.15, -0.1) is 24.0 Å². The Labute approximate surface area is 172 Å². The molecule has 0 bridgehead atoms. The summed E-state index contributed by atoms with van der Waals surface area (Å²) in [6.07, 6.45) is -4.42. The Balaban J connectivity index is 0.00000364. The van der Waals surface area contributed by atoms with Crippen molar-refractivity contribution in [2.24, 2.45) is 10.7 Å². The lowest BCUT2D eigenvalue weighted by Crippen LogP contribution is -2.28. The first kappa shape index (κ1) is 22.7. The summed E-state index contributed by atoms with van der Waals surface area (Å²) in [5.74, 6) is -0.267. The highest BCUT2D eigenvalue weighted by atomic mass is 127. The number of carbonyl (C=O) groups is 1. The lowest BCUT2D eigenvalue weighted by Gasteiger charge is -2.08. The number of guanidine groups is 1. The molecule has 0 aliphatic rings. The second kappa shape index (κ2) is 10.1. The van der Waals surface area contributed by atoms with Crippen molar-refractivity contribution in [3.05, 3.63) is 65.2 Å².